The number of amides is 1. The Hall–Kier alpha value is -2.17. The molecule has 0 bridgehead atoms. The molecule has 1 aliphatic rings. The van der Waals surface area contributed by atoms with Crippen molar-refractivity contribution in [2.24, 2.45) is 0 Å². The molecule has 0 saturated carbocycles. The van der Waals surface area contributed by atoms with Crippen molar-refractivity contribution in [3.05, 3.63) is 33.1 Å². The van der Waals surface area contributed by atoms with E-state index < -0.39 is 0 Å². The van der Waals surface area contributed by atoms with Crippen molar-refractivity contribution < 1.29 is 19.5 Å². The maximum absolute atomic E-state index is 12.0. The van der Waals surface area contributed by atoms with Gasteiger partial charge >= 0.3 is 6.09 Å². The quantitative estimate of drug-likeness (QED) is 0.652. The van der Waals surface area contributed by atoms with Gasteiger partial charge in [0.1, 0.15) is 4.88 Å². The first kappa shape index (κ1) is 19.2. The van der Waals surface area contributed by atoms with Crippen molar-refractivity contribution in [3.8, 4) is 5.88 Å². The molecular weight excluding hydrogens is 398 g/mol. The molecule has 4 rings (SSSR count). The van der Waals surface area contributed by atoms with E-state index in [9.17, 15) is 9.90 Å². The lowest BCUT2D eigenvalue weighted by Gasteiger charge is -2.35. The largest absolute Gasteiger partial charge is 0.492 e. The van der Waals surface area contributed by atoms with Gasteiger partial charge in [0, 0.05) is 6.42 Å². The van der Waals surface area contributed by atoms with Crippen LogP contribution in [0.2, 0.25) is 0 Å². The SMILES string of the molecule is CCOC(=O)N1CC[NH+]([C@@H](c2cccs2)c2sc3nc(CC)nn3c2O)CC1. The molecule has 28 heavy (non-hydrogen) atoms. The van der Waals surface area contributed by atoms with Crippen LogP contribution in [0.5, 0.6) is 5.88 Å². The molecule has 4 heterocycles. The Morgan fingerprint density at radius 1 is 1.39 bits per heavy atom. The fourth-order valence-corrected chi connectivity index (χ4v) is 5.70. The van der Waals surface area contributed by atoms with Gasteiger partial charge in [-0.25, -0.2) is 9.78 Å². The molecule has 1 aliphatic heterocycles. The summed E-state index contributed by atoms with van der Waals surface area (Å²) >= 11 is 3.18. The lowest BCUT2D eigenvalue weighted by atomic mass is 10.1. The van der Waals surface area contributed by atoms with Crippen LogP contribution in [-0.2, 0) is 11.2 Å². The Kier molecular flexibility index (Phi) is 5.51. The first-order valence-electron chi connectivity index (χ1n) is 9.49. The van der Waals surface area contributed by atoms with Crippen molar-refractivity contribution in [3.63, 3.8) is 0 Å². The van der Waals surface area contributed by atoms with E-state index >= 15 is 0 Å². The van der Waals surface area contributed by atoms with Crippen LogP contribution < -0.4 is 4.90 Å². The first-order chi connectivity index (χ1) is 13.6. The second kappa shape index (κ2) is 8.06. The van der Waals surface area contributed by atoms with E-state index in [1.54, 1.807) is 20.8 Å². The number of nitrogens with zero attached hydrogens (tertiary/aromatic N) is 4. The van der Waals surface area contributed by atoms with Crippen molar-refractivity contribution in [2.75, 3.05) is 32.8 Å². The van der Waals surface area contributed by atoms with Gasteiger partial charge < -0.3 is 14.7 Å². The smallest absolute Gasteiger partial charge is 0.410 e. The molecule has 150 valence electrons. The van der Waals surface area contributed by atoms with Crippen LogP contribution in [0.15, 0.2) is 17.5 Å². The van der Waals surface area contributed by atoms with Crippen LogP contribution in [-0.4, -0.2) is 63.5 Å². The molecule has 0 spiro atoms. The Balaban J connectivity index is 1.62. The second-order valence-electron chi connectivity index (χ2n) is 6.66. The van der Waals surface area contributed by atoms with Crippen molar-refractivity contribution in [1.29, 1.82) is 0 Å². The Bertz CT molecular complexity index is 944. The molecule has 0 unspecified atom stereocenters. The number of aromatic hydroxyl groups is 1. The maximum atomic E-state index is 12.0. The predicted octanol–water partition coefficient (Wildman–Crippen LogP) is 1.57. The normalized spacial score (nSPS) is 16.6. The minimum atomic E-state index is -0.247. The summed E-state index contributed by atoms with van der Waals surface area (Å²) in [5.41, 5.74) is 0. The molecular formula is C18H24N5O3S2+. The lowest BCUT2D eigenvalue weighted by Crippen LogP contribution is -3.15. The molecule has 3 aromatic rings. The standard InChI is InChI=1S/C18H23N5O3S2/c1-3-13-19-17-23(20-13)16(24)15(28-17)14(12-6-5-11-27-12)21-7-9-22(10-8-21)18(25)26-4-2/h5-6,11,14,24H,3-4,7-10H2,1-2H3/p+1/t14-/m0/s1. The third-order valence-corrected chi connectivity index (χ3v) is 7.01. The average Bonchev–Trinajstić information content (AvgIpc) is 3.42. The number of hydrogen-bond acceptors (Lipinski definition) is 7. The molecule has 10 heteroatoms. The molecule has 8 nitrogen and oxygen atoms in total. The Morgan fingerprint density at radius 3 is 2.79 bits per heavy atom. The van der Waals surface area contributed by atoms with E-state index in [-0.39, 0.29) is 18.0 Å². The topological polar surface area (TPSA) is 84.4 Å². The highest BCUT2D eigenvalue weighted by molar-refractivity contribution is 7.17. The number of thiazole rings is 1. The summed E-state index contributed by atoms with van der Waals surface area (Å²) in [6.45, 7) is 7.05. The zero-order valence-electron chi connectivity index (χ0n) is 15.9. The molecule has 0 radical (unpaired) electrons. The minimum absolute atomic E-state index is 0.00271. The number of thiophene rings is 1. The number of nitrogens with one attached hydrogen (secondary N) is 1. The van der Waals surface area contributed by atoms with E-state index in [2.05, 4.69) is 21.5 Å². The second-order valence-corrected chi connectivity index (χ2v) is 8.65. The van der Waals surface area contributed by atoms with E-state index in [1.165, 1.54) is 21.1 Å². The highest BCUT2D eigenvalue weighted by Crippen LogP contribution is 2.36. The maximum Gasteiger partial charge on any atom is 0.410 e. The van der Waals surface area contributed by atoms with Gasteiger partial charge in [-0.2, -0.15) is 4.52 Å². The molecule has 0 aromatic carbocycles. The van der Waals surface area contributed by atoms with Gasteiger partial charge in [0.2, 0.25) is 10.8 Å². The first-order valence-corrected chi connectivity index (χ1v) is 11.2. The van der Waals surface area contributed by atoms with Crippen molar-refractivity contribution >= 4 is 33.7 Å². The predicted molar refractivity (Wildman–Crippen MR) is 107 cm³/mol. The van der Waals surface area contributed by atoms with E-state index in [4.69, 9.17) is 4.74 Å². The van der Waals surface area contributed by atoms with E-state index in [0.29, 0.717) is 19.7 Å². The number of ether oxygens (including phenoxy) is 1. The molecule has 1 saturated heterocycles. The van der Waals surface area contributed by atoms with Gasteiger partial charge in [0.25, 0.3) is 0 Å². The summed E-state index contributed by atoms with van der Waals surface area (Å²) < 4.78 is 6.68. The fraction of sp³-hybridized carbons (Fsp3) is 0.500. The Labute approximate surface area is 171 Å². The number of aryl methyl sites for hydroxylation is 1. The molecule has 1 atom stereocenters. The summed E-state index contributed by atoms with van der Waals surface area (Å²) in [4.78, 5) is 22.4. The summed E-state index contributed by atoms with van der Waals surface area (Å²) in [7, 11) is 0. The van der Waals surface area contributed by atoms with E-state index in [0.717, 1.165) is 35.2 Å². The fourth-order valence-electron chi connectivity index (χ4n) is 3.58. The summed E-state index contributed by atoms with van der Waals surface area (Å²) in [5, 5.41) is 17.3. The number of fused-ring (bicyclic) bond motifs is 1. The average molecular weight is 423 g/mol. The van der Waals surface area contributed by atoms with Crippen molar-refractivity contribution in [2.45, 2.75) is 26.3 Å². The molecule has 1 fully saturated rings. The summed E-state index contributed by atoms with van der Waals surface area (Å²) in [6, 6.07) is 4.14. The number of carbonyl (C=O) groups excluding carboxylic acids is 1. The number of aromatic nitrogens is 3. The van der Waals surface area contributed by atoms with Crippen LogP contribution >= 0.6 is 22.7 Å². The third-order valence-electron chi connectivity index (χ3n) is 4.99. The van der Waals surface area contributed by atoms with Crippen LogP contribution in [0.1, 0.15) is 35.5 Å². The van der Waals surface area contributed by atoms with Gasteiger partial charge in [-0.1, -0.05) is 24.3 Å². The molecule has 1 amide bonds. The van der Waals surface area contributed by atoms with Crippen LogP contribution in [0, 0.1) is 0 Å². The number of quaternary nitrogens is 1. The minimum Gasteiger partial charge on any atom is -0.492 e. The monoisotopic (exact) mass is 422 g/mol. The van der Waals surface area contributed by atoms with Crippen LogP contribution in [0.25, 0.3) is 4.96 Å². The van der Waals surface area contributed by atoms with Crippen molar-refractivity contribution in [1.82, 2.24) is 19.5 Å². The van der Waals surface area contributed by atoms with E-state index in [1.807, 2.05) is 19.9 Å². The third kappa shape index (κ3) is 3.47. The van der Waals surface area contributed by atoms with Gasteiger partial charge in [-0.3, -0.25) is 4.90 Å². The van der Waals surface area contributed by atoms with Crippen LogP contribution in [0.3, 0.4) is 0 Å². The van der Waals surface area contributed by atoms with Gasteiger partial charge in [0.05, 0.1) is 37.7 Å². The Morgan fingerprint density at radius 2 is 2.18 bits per heavy atom. The molecule has 3 aromatic heterocycles. The van der Waals surface area contributed by atoms with Gasteiger partial charge in [-0.05, 0) is 18.4 Å². The number of carbonyl (C=O) groups is 1. The summed E-state index contributed by atoms with van der Waals surface area (Å²) in [6.07, 6.45) is 0.487. The number of piperazine rings is 1. The van der Waals surface area contributed by atoms with Gasteiger partial charge in [-0.15, -0.1) is 16.4 Å². The highest BCUT2D eigenvalue weighted by atomic mass is 32.1. The van der Waals surface area contributed by atoms with Crippen LogP contribution in [0.4, 0.5) is 4.79 Å². The summed E-state index contributed by atoms with van der Waals surface area (Å²) in [5.74, 6) is 0.905. The van der Waals surface area contributed by atoms with Gasteiger partial charge in [0.15, 0.2) is 11.9 Å². The zero-order chi connectivity index (χ0) is 19.7. The zero-order valence-corrected chi connectivity index (χ0v) is 17.6. The highest BCUT2D eigenvalue weighted by Gasteiger charge is 2.36. The molecule has 2 N–H and O–H groups in total. The lowest BCUT2D eigenvalue weighted by molar-refractivity contribution is -0.928. The molecule has 0 aliphatic carbocycles. The number of hydrogen-bond donors (Lipinski definition) is 2. The number of rotatable bonds is 5.